The lowest BCUT2D eigenvalue weighted by Gasteiger charge is -2.12. The van der Waals surface area contributed by atoms with Crippen molar-refractivity contribution in [1.29, 1.82) is 0 Å². The van der Waals surface area contributed by atoms with E-state index in [0.717, 1.165) is 47.7 Å². The van der Waals surface area contributed by atoms with Crippen LogP contribution in [0.15, 0.2) is 0 Å². The molecule has 2 aromatic rings. The second-order valence-electron chi connectivity index (χ2n) is 5.95. The number of nitrogens with zero attached hydrogens (tertiary/aromatic N) is 2. The van der Waals surface area contributed by atoms with Gasteiger partial charge in [-0.25, -0.2) is 9.59 Å². The first-order valence-electron chi connectivity index (χ1n) is 8.58. The van der Waals surface area contributed by atoms with Gasteiger partial charge in [0.2, 0.25) is 0 Å². The van der Waals surface area contributed by atoms with Gasteiger partial charge in [0.25, 0.3) is 5.91 Å². The molecule has 0 saturated carbocycles. The number of carbonyl (C=O) groups is 3. The number of fused-ring (bicyclic) bond motifs is 1. The van der Waals surface area contributed by atoms with Crippen molar-refractivity contribution >= 4 is 45.7 Å². The number of amides is 1. The van der Waals surface area contributed by atoms with Crippen molar-refractivity contribution in [3.05, 3.63) is 26.6 Å². The van der Waals surface area contributed by atoms with Crippen molar-refractivity contribution < 1.29 is 23.9 Å². The maximum atomic E-state index is 12.4. The molecule has 10 heteroatoms. The number of aromatic nitrogens is 2. The predicted molar refractivity (Wildman–Crippen MR) is 100 cm³/mol. The van der Waals surface area contributed by atoms with Gasteiger partial charge in [0.1, 0.15) is 5.00 Å². The fraction of sp³-hybridized carbons (Fsp3) is 0.471. The molecule has 0 aromatic carbocycles. The number of thiophene rings is 1. The van der Waals surface area contributed by atoms with E-state index in [0.29, 0.717) is 16.3 Å². The van der Waals surface area contributed by atoms with Crippen molar-refractivity contribution in [3.8, 4) is 0 Å². The van der Waals surface area contributed by atoms with E-state index in [9.17, 15) is 14.4 Å². The SMILES string of the molecule is CCOC(=O)c1c(NC(=O)COC(=O)c2snnc2C)sc2c1CCCC2. The molecule has 0 atom stereocenters. The fourth-order valence-electron chi connectivity index (χ4n) is 2.85. The van der Waals surface area contributed by atoms with Crippen molar-refractivity contribution in [2.24, 2.45) is 0 Å². The average molecular weight is 409 g/mol. The Kier molecular flexibility index (Phi) is 6.17. The van der Waals surface area contributed by atoms with E-state index in [1.165, 1.54) is 11.3 Å². The zero-order valence-corrected chi connectivity index (χ0v) is 16.6. The van der Waals surface area contributed by atoms with E-state index in [1.807, 2.05) is 0 Å². The van der Waals surface area contributed by atoms with Crippen LogP contribution in [0.5, 0.6) is 0 Å². The predicted octanol–water partition coefficient (Wildman–Crippen LogP) is 2.76. The molecule has 1 amide bonds. The van der Waals surface area contributed by atoms with Crippen LogP contribution in [0.25, 0.3) is 0 Å². The van der Waals surface area contributed by atoms with Gasteiger partial charge in [0.15, 0.2) is 11.5 Å². The van der Waals surface area contributed by atoms with Crippen molar-refractivity contribution in [1.82, 2.24) is 9.59 Å². The largest absolute Gasteiger partial charge is 0.462 e. The Hall–Kier alpha value is -2.33. The van der Waals surface area contributed by atoms with Crippen LogP contribution in [0.3, 0.4) is 0 Å². The molecule has 2 heterocycles. The summed E-state index contributed by atoms with van der Waals surface area (Å²) in [6, 6.07) is 0. The molecule has 0 spiro atoms. The summed E-state index contributed by atoms with van der Waals surface area (Å²) < 4.78 is 13.8. The molecule has 27 heavy (non-hydrogen) atoms. The molecule has 2 aromatic heterocycles. The van der Waals surface area contributed by atoms with Crippen molar-refractivity contribution in [2.45, 2.75) is 39.5 Å². The standard InChI is InChI=1S/C17H19N3O5S2/c1-3-24-16(22)13-10-6-4-5-7-11(10)26-15(13)18-12(21)8-25-17(23)14-9(2)19-20-27-14/h3-8H2,1-2H3,(H,18,21). The molecular weight excluding hydrogens is 390 g/mol. The summed E-state index contributed by atoms with van der Waals surface area (Å²) in [6.45, 7) is 3.18. The topological polar surface area (TPSA) is 107 Å². The Bertz CT molecular complexity index is 874. The van der Waals surface area contributed by atoms with Gasteiger partial charge in [-0.1, -0.05) is 4.49 Å². The van der Waals surface area contributed by atoms with Crippen LogP contribution in [-0.4, -0.2) is 40.6 Å². The van der Waals surface area contributed by atoms with Gasteiger partial charge in [-0.3, -0.25) is 4.79 Å². The van der Waals surface area contributed by atoms with Crippen LogP contribution in [-0.2, 0) is 27.1 Å². The van der Waals surface area contributed by atoms with E-state index in [-0.39, 0.29) is 11.5 Å². The summed E-state index contributed by atoms with van der Waals surface area (Å²) in [7, 11) is 0. The lowest BCUT2D eigenvalue weighted by molar-refractivity contribution is -0.119. The molecule has 1 aliphatic rings. The van der Waals surface area contributed by atoms with Crippen molar-refractivity contribution in [2.75, 3.05) is 18.5 Å². The molecule has 8 nitrogen and oxygen atoms in total. The molecule has 0 fully saturated rings. The molecule has 0 saturated heterocycles. The fourth-order valence-corrected chi connectivity index (χ4v) is 4.70. The molecule has 1 aliphatic carbocycles. The first kappa shape index (κ1) is 19.4. The van der Waals surface area contributed by atoms with Crippen LogP contribution in [0.2, 0.25) is 0 Å². The minimum absolute atomic E-state index is 0.261. The number of nitrogens with one attached hydrogen (secondary N) is 1. The first-order chi connectivity index (χ1) is 13.0. The number of esters is 2. The maximum Gasteiger partial charge on any atom is 0.352 e. The van der Waals surface area contributed by atoms with Crippen molar-refractivity contribution in [3.63, 3.8) is 0 Å². The molecule has 0 aliphatic heterocycles. The molecule has 3 rings (SSSR count). The summed E-state index contributed by atoms with van der Waals surface area (Å²) in [4.78, 5) is 38.0. The number of hydrogen-bond acceptors (Lipinski definition) is 9. The number of hydrogen-bond donors (Lipinski definition) is 1. The molecular formula is C17H19N3O5S2. The van der Waals surface area contributed by atoms with Gasteiger partial charge >= 0.3 is 11.9 Å². The smallest absolute Gasteiger partial charge is 0.352 e. The Morgan fingerprint density at radius 3 is 2.63 bits per heavy atom. The van der Waals surface area contributed by atoms with Gasteiger partial charge in [0, 0.05) is 4.88 Å². The van der Waals surface area contributed by atoms with Crippen LogP contribution in [0.1, 0.15) is 55.9 Å². The summed E-state index contributed by atoms with van der Waals surface area (Å²) in [5, 5.41) is 6.89. The van der Waals surface area contributed by atoms with Gasteiger partial charge in [-0.05, 0) is 56.6 Å². The highest BCUT2D eigenvalue weighted by atomic mass is 32.1. The second kappa shape index (κ2) is 8.57. The number of anilines is 1. The highest BCUT2D eigenvalue weighted by Gasteiger charge is 2.27. The number of carbonyl (C=O) groups excluding carboxylic acids is 3. The van der Waals surface area contributed by atoms with Gasteiger partial charge in [0.05, 0.1) is 17.9 Å². The minimum Gasteiger partial charge on any atom is -0.462 e. The Morgan fingerprint density at radius 2 is 1.93 bits per heavy atom. The minimum atomic E-state index is -0.645. The molecule has 0 radical (unpaired) electrons. The van der Waals surface area contributed by atoms with E-state index < -0.39 is 24.5 Å². The third-order valence-electron chi connectivity index (χ3n) is 4.08. The molecule has 0 bridgehead atoms. The highest BCUT2D eigenvalue weighted by molar-refractivity contribution is 7.17. The summed E-state index contributed by atoms with van der Waals surface area (Å²) >= 11 is 2.30. The van der Waals surface area contributed by atoms with E-state index in [1.54, 1.807) is 13.8 Å². The normalized spacial score (nSPS) is 13.0. The quantitative estimate of drug-likeness (QED) is 0.731. The van der Waals surface area contributed by atoms with Gasteiger partial charge in [-0.15, -0.1) is 16.4 Å². The highest BCUT2D eigenvalue weighted by Crippen LogP contribution is 2.38. The molecule has 1 N–H and O–H groups in total. The number of ether oxygens (including phenoxy) is 2. The third kappa shape index (κ3) is 4.33. The first-order valence-corrected chi connectivity index (χ1v) is 10.2. The van der Waals surface area contributed by atoms with E-state index in [4.69, 9.17) is 9.47 Å². The van der Waals surface area contributed by atoms with Crippen LogP contribution < -0.4 is 5.32 Å². The zero-order valence-electron chi connectivity index (χ0n) is 15.0. The summed E-state index contributed by atoms with van der Waals surface area (Å²) in [5.74, 6) is -1.59. The third-order valence-corrected chi connectivity index (χ3v) is 6.09. The Labute approximate surface area is 164 Å². The summed E-state index contributed by atoms with van der Waals surface area (Å²) in [5.41, 5.74) is 1.85. The molecule has 144 valence electrons. The zero-order chi connectivity index (χ0) is 19.4. The summed E-state index contributed by atoms with van der Waals surface area (Å²) in [6.07, 6.45) is 3.74. The lowest BCUT2D eigenvalue weighted by Crippen LogP contribution is -2.22. The molecule has 0 unspecified atom stereocenters. The Balaban J connectivity index is 1.70. The maximum absolute atomic E-state index is 12.4. The second-order valence-corrected chi connectivity index (χ2v) is 7.81. The number of rotatable bonds is 6. The number of aryl methyl sites for hydroxylation is 2. The van der Waals surface area contributed by atoms with Gasteiger partial charge < -0.3 is 14.8 Å². The Morgan fingerprint density at radius 1 is 1.15 bits per heavy atom. The van der Waals surface area contributed by atoms with E-state index >= 15 is 0 Å². The van der Waals surface area contributed by atoms with Crippen LogP contribution >= 0.6 is 22.9 Å². The lowest BCUT2D eigenvalue weighted by atomic mass is 9.95. The van der Waals surface area contributed by atoms with Gasteiger partial charge in [-0.2, -0.15) is 0 Å². The van der Waals surface area contributed by atoms with Crippen LogP contribution in [0, 0.1) is 6.92 Å². The van der Waals surface area contributed by atoms with E-state index in [2.05, 4.69) is 14.9 Å². The monoisotopic (exact) mass is 409 g/mol. The van der Waals surface area contributed by atoms with Crippen LogP contribution in [0.4, 0.5) is 5.00 Å². The average Bonchev–Trinajstić information content (AvgIpc) is 3.22.